The predicted octanol–water partition coefficient (Wildman–Crippen LogP) is 4.54. The molecular formula is C40H64N6O4. The topological polar surface area (TPSA) is 96.5 Å². The molecule has 3 aliphatic rings. The van der Waals surface area contributed by atoms with Crippen LogP contribution in [0.5, 0.6) is 0 Å². The molecule has 0 aromatic heterocycles. The molecule has 3 aliphatic heterocycles. The number of carbonyl (C=O) groups is 4. The Kier molecular flexibility index (Phi) is 13.7. The standard InChI is InChI=1S/C40H64N6O4/c1-28(2)34(42(9)39(50)35(40(6,7)8)41-36(47)32-18-13-14-20-45(32)29(3)4)26-30(5)37(48)46-21-15-19-33(46)38(49)44-24-22-43(23-25-44)27-31-16-11-10-12-17-31/h10-12,16-17,26,28-29,32-35H,13-15,18-25,27H2,1-9H3,(H,41,47)/t32-,33+,34-,35-/m1/s1. The first-order valence-electron chi connectivity index (χ1n) is 19.0. The minimum atomic E-state index is -0.727. The lowest BCUT2D eigenvalue weighted by Gasteiger charge is -2.41. The van der Waals surface area contributed by atoms with Crippen LogP contribution in [0.4, 0.5) is 0 Å². The molecule has 0 radical (unpaired) electrons. The van der Waals surface area contributed by atoms with Crippen LogP contribution in [0, 0.1) is 11.3 Å². The molecule has 0 bridgehead atoms. The van der Waals surface area contributed by atoms with E-state index in [2.05, 4.69) is 53.2 Å². The fourth-order valence-electron chi connectivity index (χ4n) is 7.84. The Morgan fingerprint density at radius 1 is 0.880 bits per heavy atom. The highest BCUT2D eigenvalue weighted by atomic mass is 16.2. The summed E-state index contributed by atoms with van der Waals surface area (Å²) in [4.78, 5) is 65.6. The van der Waals surface area contributed by atoms with Crippen molar-refractivity contribution in [1.29, 1.82) is 0 Å². The van der Waals surface area contributed by atoms with Crippen molar-refractivity contribution in [2.24, 2.45) is 11.3 Å². The van der Waals surface area contributed by atoms with Gasteiger partial charge in [0.2, 0.25) is 23.6 Å². The van der Waals surface area contributed by atoms with Crippen molar-refractivity contribution in [2.45, 2.75) is 124 Å². The average molecular weight is 693 g/mol. The highest BCUT2D eigenvalue weighted by molar-refractivity contribution is 5.97. The number of likely N-dealkylation sites (N-methyl/N-ethyl adjacent to an activating group) is 1. The third-order valence-electron chi connectivity index (χ3n) is 10.9. The zero-order valence-corrected chi connectivity index (χ0v) is 32.3. The second-order valence-electron chi connectivity index (χ2n) is 16.4. The van der Waals surface area contributed by atoms with Gasteiger partial charge in [-0.1, -0.05) is 77.4 Å². The summed E-state index contributed by atoms with van der Waals surface area (Å²) < 4.78 is 0. The van der Waals surface area contributed by atoms with Crippen molar-refractivity contribution in [3.63, 3.8) is 0 Å². The first kappa shape index (κ1) is 39.5. The van der Waals surface area contributed by atoms with Gasteiger partial charge in [0.05, 0.1) is 12.1 Å². The monoisotopic (exact) mass is 692 g/mol. The molecule has 278 valence electrons. The SMILES string of the molecule is CC(=C[C@H](C(C)C)N(C)C(=O)[C@@H](NC(=O)[C@H]1CCCCN1C(C)C)C(C)(C)C)C(=O)N1CCC[C@H]1C(=O)N1CCN(Cc2ccccc2)CC1. The van der Waals surface area contributed by atoms with Crippen molar-refractivity contribution >= 4 is 23.6 Å². The van der Waals surface area contributed by atoms with Gasteiger partial charge in [-0.25, -0.2) is 0 Å². The van der Waals surface area contributed by atoms with E-state index in [1.807, 2.05) is 51.7 Å². The fraction of sp³-hybridized carbons (Fsp3) is 0.700. The molecule has 1 N–H and O–H groups in total. The second-order valence-corrected chi connectivity index (χ2v) is 16.4. The van der Waals surface area contributed by atoms with Crippen molar-refractivity contribution in [3.8, 4) is 0 Å². The maximum atomic E-state index is 14.2. The Bertz CT molecular complexity index is 1350. The first-order chi connectivity index (χ1) is 23.6. The van der Waals surface area contributed by atoms with E-state index in [-0.39, 0.29) is 47.7 Å². The maximum Gasteiger partial charge on any atom is 0.249 e. The van der Waals surface area contributed by atoms with Crippen molar-refractivity contribution < 1.29 is 19.2 Å². The third kappa shape index (κ3) is 9.75. The van der Waals surface area contributed by atoms with Crippen LogP contribution in [-0.4, -0.2) is 125 Å². The summed E-state index contributed by atoms with van der Waals surface area (Å²) in [5.41, 5.74) is 1.28. The normalized spacial score (nSPS) is 22.5. The minimum Gasteiger partial charge on any atom is -0.342 e. The fourth-order valence-corrected chi connectivity index (χ4v) is 7.84. The summed E-state index contributed by atoms with van der Waals surface area (Å²) in [5, 5.41) is 3.16. The third-order valence-corrected chi connectivity index (χ3v) is 10.9. The Morgan fingerprint density at radius 2 is 1.52 bits per heavy atom. The van der Waals surface area contributed by atoms with Gasteiger partial charge in [-0.15, -0.1) is 0 Å². The zero-order chi connectivity index (χ0) is 36.7. The number of likely N-dealkylation sites (tertiary alicyclic amines) is 2. The molecule has 0 aliphatic carbocycles. The molecule has 0 saturated carbocycles. The van der Waals surface area contributed by atoms with E-state index in [1.54, 1.807) is 23.8 Å². The molecule has 3 fully saturated rings. The lowest BCUT2D eigenvalue weighted by Crippen LogP contribution is -2.60. The summed E-state index contributed by atoms with van der Waals surface area (Å²) in [6, 6.07) is 8.83. The van der Waals surface area contributed by atoms with Gasteiger partial charge in [-0.2, -0.15) is 0 Å². The van der Waals surface area contributed by atoms with Crippen LogP contribution < -0.4 is 5.32 Å². The Hall–Kier alpha value is -3.24. The summed E-state index contributed by atoms with van der Waals surface area (Å²) in [7, 11) is 1.77. The average Bonchev–Trinajstić information content (AvgIpc) is 3.58. The number of benzene rings is 1. The largest absolute Gasteiger partial charge is 0.342 e. The van der Waals surface area contributed by atoms with Gasteiger partial charge >= 0.3 is 0 Å². The molecule has 4 atom stereocenters. The lowest BCUT2D eigenvalue weighted by molar-refractivity contribution is -0.143. The van der Waals surface area contributed by atoms with Crippen molar-refractivity contribution in [3.05, 3.63) is 47.5 Å². The van der Waals surface area contributed by atoms with Crippen molar-refractivity contribution in [2.75, 3.05) is 46.3 Å². The van der Waals surface area contributed by atoms with Gasteiger partial charge < -0.3 is 20.0 Å². The molecule has 50 heavy (non-hydrogen) atoms. The van der Waals surface area contributed by atoms with Crippen LogP contribution in [0.2, 0.25) is 0 Å². The van der Waals surface area contributed by atoms with E-state index in [0.29, 0.717) is 31.6 Å². The summed E-state index contributed by atoms with van der Waals surface area (Å²) in [5.74, 6) is -0.365. The molecule has 4 rings (SSSR count). The Balaban J connectivity index is 1.42. The van der Waals surface area contributed by atoms with E-state index in [0.717, 1.165) is 51.9 Å². The number of nitrogens with zero attached hydrogens (tertiary/aromatic N) is 5. The number of piperazine rings is 1. The van der Waals surface area contributed by atoms with Gasteiger partial charge in [0, 0.05) is 57.9 Å². The number of rotatable bonds is 11. The Morgan fingerprint density at radius 3 is 2.12 bits per heavy atom. The van der Waals surface area contributed by atoms with Crippen LogP contribution in [0.25, 0.3) is 0 Å². The molecule has 10 nitrogen and oxygen atoms in total. The van der Waals surface area contributed by atoms with E-state index >= 15 is 0 Å². The Labute approximate surface area is 301 Å². The van der Waals surface area contributed by atoms with Gasteiger partial charge in [0.1, 0.15) is 12.1 Å². The molecule has 3 saturated heterocycles. The molecular weight excluding hydrogens is 628 g/mol. The highest BCUT2D eigenvalue weighted by Crippen LogP contribution is 2.27. The van der Waals surface area contributed by atoms with Crippen molar-refractivity contribution in [1.82, 2.24) is 29.8 Å². The van der Waals surface area contributed by atoms with Crippen LogP contribution in [-0.2, 0) is 25.7 Å². The van der Waals surface area contributed by atoms with Crippen LogP contribution >= 0.6 is 0 Å². The molecule has 10 heteroatoms. The molecule has 4 amide bonds. The predicted molar refractivity (Wildman–Crippen MR) is 199 cm³/mol. The lowest BCUT2D eigenvalue weighted by atomic mass is 9.84. The van der Waals surface area contributed by atoms with Crippen LogP contribution in [0.3, 0.4) is 0 Å². The smallest absolute Gasteiger partial charge is 0.249 e. The van der Waals surface area contributed by atoms with E-state index in [1.165, 1.54) is 5.56 Å². The quantitative estimate of drug-likeness (QED) is 0.342. The number of piperidine rings is 1. The van der Waals surface area contributed by atoms with Crippen LogP contribution in [0.15, 0.2) is 42.0 Å². The number of hydrogen-bond donors (Lipinski definition) is 1. The first-order valence-corrected chi connectivity index (χ1v) is 19.0. The molecule has 1 aromatic carbocycles. The number of hydrogen-bond acceptors (Lipinski definition) is 6. The molecule has 0 spiro atoms. The number of carbonyl (C=O) groups excluding carboxylic acids is 4. The summed E-state index contributed by atoms with van der Waals surface area (Å²) in [6.07, 6.45) is 6.20. The van der Waals surface area contributed by atoms with Gasteiger partial charge in [-0.3, -0.25) is 29.0 Å². The number of amides is 4. The van der Waals surface area contributed by atoms with Gasteiger partial charge in [0.15, 0.2) is 0 Å². The van der Waals surface area contributed by atoms with E-state index in [4.69, 9.17) is 0 Å². The molecule has 0 unspecified atom stereocenters. The summed E-state index contributed by atoms with van der Waals surface area (Å²) >= 11 is 0. The number of nitrogens with one attached hydrogen (secondary N) is 1. The van der Waals surface area contributed by atoms with Gasteiger partial charge in [-0.05, 0) is 69.9 Å². The molecule has 1 aromatic rings. The van der Waals surface area contributed by atoms with E-state index < -0.39 is 17.5 Å². The minimum absolute atomic E-state index is 0.0148. The van der Waals surface area contributed by atoms with E-state index in [9.17, 15) is 19.2 Å². The zero-order valence-electron chi connectivity index (χ0n) is 32.3. The highest BCUT2D eigenvalue weighted by Gasteiger charge is 2.41. The molecule has 3 heterocycles. The van der Waals surface area contributed by atoms with Gasteiger partial charge in [0.25, 0.3) is 0 Å². The second kappa shape index (κ2) is 17.3. The van der Waals surface area contributed by atoms with Crippen LogP contribution in [0.1, 0.15) is 93.1 Å². The maximum absolute atomic E-state index is 14.2. The summed E-state index contributed by atoms with van der Waals surface area (Å²) in [6.45, 7) is 21.3.